The lowest BCUT2D eigenvalue weighted by Gasteiger charge is -2.28. The smallest absolute Gasteiger partial charge is 0.156 e. The average molecular weight is 181 g/mol. The fourth-order valence-corrected chi connectivity index (χ4v) is 1.67. The van der Waals surface area contributed by atoms with Gasteiger partial charge in [-0.2, -0.15) is 0 Å². The summed E-state index contributed by atoms with van der Waals surface area (Å²) in [5, 5.41) is 0. The van der Waals surface area contributed by atoms with Gasteiger partial charge in [-0.1, -0.05) is 26.0 Å². The van der Waals surface area contributed by atoms with Gasteiger partial charge in [0.25, 0.3) is 0 Å². The van der Waals surface area contributed by atoms with Gasteiger partial charge in [-0.05, 0) is 13.8 Å². The van der Waals surface area contributed by atoms with Gasteiger partial charge in [0.2, 0.25) is 0 Å². The Labute approximate surface area is 80.6 Å². The number of hydrogen-bond donors (Lipinski definition) is 0. The maximum absolute atomic E-state index is 11.8. The van der Waals surface area contributed by atoms with Crippen LogP contribution < -0.4 is 0 Å². The van der Waals surface area contributed by atoms with E-state index in [0.717, 1.165) is 6.54 Å². The minimum absolute atomic E-state index is 0.0278. The van der Waals surface area contributed by atoms with Crippen LogP contribution in [0.4, 0.5) is 0 Å². The normalized spacial score (nSPS) is 23.4. The molecule has 0 aliphatic carbocycles. The molecule has 0 N–H and O–H groups in total. The van der Waals surface area contributed by atoms with Gasteiger partial charge in [0, 0.05) is 18.5 Å². The van der Waals surface area contributed by atoms with Crippen molar-refractivity contribution in [2.45, 2.75) is 39.8 Å². The standard InChI is InChI=1S/C11H19NO/c1-8(2)11(13)10-6-5-7-12(10)9(3)4/h5-6,8-10H,7H2,1-4H3. The summed E-state index contributed by atoms with van der Waals surface area (Å²) in [6.07, 6.45) is 4.12. The van der Waals surface area contributed by atoms with Crippen LogP contribution in [0.25, 0.3) is 0 Å². The highest BCUT2D eigenvalue weighted by atomic mass is 16.1. The van der Waals surface area contributed by atoms with Crippen molar-refractivity contribution in [2.24, 2.45) is 5.92 Å². The van der Waals surface area contributed by atoms with Gasteiger partial charge >= 0.3 is 0 Å². The molecule has 1 aliphatic rings. The first-order valence-electron chi connectivity index (χ1n) is 5.00. The van der Waals surface area contributed by atoms with Gasteiger partial charge in [0.15, 0.2) is 5.78 Å². The van der Waals surface area contributed by atoms with Crippen LogP contribution in [-0.2, 0) is 4.79 Å². The first-order valence-corrected chi connectivity index (χ1v) is 5.00. The van der Waals surface area contributed by atoms with Crippen LogP contribution >= 0.6 is 0 Å². The Morgan fingerprint density at radius 1 is 1.38 bits per heavy atom. The minimum atomic E-state index is 0.0278. The van der Waals surface area contributed by atoms with Crippen LogP contribution in [-0.4, -0.2) is 29.3 Å². The zero-order chi connectivity index (χ0) is 10.0. The lowest BCUT2D eigenvalue weighted by molar-refractivity contribution is -0.125. The van der Waals surface area contributed by atoms with Crippen LogP contribution in [0.3, 0.4) is 0 Å². The molecule has 1 aliphatic heterocycles. The molecule has 0 aromatic heterocycles. The maximum atomic E-state index is 11.8. The van der Waals surface area contributed by atoms with E-state index in [0.29, 0.717) is 11.8 Å². The van der Waals surface area contributed by atoms with E-state index in [2.05, 4.69) is 24.8 Å². The van der Waals surface area contributed by atoms with Gasteiger partial charge in [0.05, 0.1) is 6.04 Å². The van der Waals surface area contributed by atoms with Gasteiger partial charge in [-0.15, -0.1) is 0 Å². The summed E-state index contributed by atoms with van der Waals surface area (Å²) in [5.41, 5.74) is 0. The first-order chi connectivity index (χ1) is 6.04. The van der Waals surface area contributed by atoms with Crippen molar-refractivity contribution in [2.75, 3.05) is 6.54 Å². The summed E-state index contributed by atoms with van der Waals surface area (Å²) in [6.45, 7) is 9.11. The average Bonchev–Trinajstić information content (AvgIpc) is 2.50. The van der Waals surface area contributed by atoms with Crippen molar-refractivity contribution in [1.29, 1.82) is 0 Å². The number of ketones is 1. The van der Waals surface area contributed by atoms with Crippen molar-refractivity contribution in [3.63, 3.8) is 0 Å². The Morgan fingerprint density at radius 2 is 2.00 bits per heavy atom. The highest BCUT2D eigenvalue weighted by molar-refractivity contribution is 5.88. The second-order valence-electron chi connectivity index (χ2n) is 4.22. The van der Waals surface area contributed by atoms with Gasteiger partial charge < -0.3 is 0 Å². The van der Waals surface area contributed by atoms with Gasteiger partial charge in [-0.25, -0.2) is 0 Å². The molecule has 0 aromatic rings. The lowest BCUT2D eigenvalue weighted by atomic mass is 10.0. The molecule has 13 heavy (non-hydrogen) atoms. The predicted molar refractivity (Wildman–Crippen MR) is 54.6 cm³/mol. The Balaban J connectivity index is 2.68. The fourth-order valence-electron chi connectivity index (χ4n) is 1.67. The molecule has 2 nitrogen and oxygen atoms in total. The molecular formula is C11H19NO. The molecule has 0 radical (unpaired) electrons. The first kappa shape index (κ1) is 10.5. The van der Waals surface area contributed by atoms with Crippen LogP contribution in [0.1, 0.15) is 27.7 Å². The fraction of sp³-hybridized carbons (Fsp3) is 0.727. The summed E-state index contributed by atoms with van der Waals surface area (Å²) >= 11 is 0. The molecule has 0 bridgehead atoms. The molecular weight excluding hydrogens is 162 g/mol. The van der Waals surface area contributed by atoms with E-state index in [4.69, 9.17) is 0 Å². The molecule has 2 heteroatoms. The molecule has 0 fully saturated rings. The van der Waals surface area contributed by atoms with Gasteiger partial charge in [0.1, 0.15) is 0 Å². The van der Waals surface area contributed by atoms with Crippen molar-refractivity contribution >= 4 is 5.78 Å². The van der Waals surface area contributed by atoms with Crippen LogP contribution in [0.5, 0.6) is 0 Å². The quantitative estimate of drug-likeness (QED) is 0.619. The van der Waals surface area contributed by atoms with E-state index in [1.165, 1.54) is 0 Å². The van der Waals surface area contributed by atoms with E-state index in [1.807, 2.05) is 19.9 Å². The molecule has 1 unspecified atom stereocenters. The lowest BCUT2D eigenvalue weighted by Crippen LogP contribution is -2.42. The minimum Gasteiger partial charge on any atom is -0.297 e. The van der Waals surface area contributed by atoms with Crippen LogP contribution in [0.15, 0.2) is 12.2 Å². The largest absolute Gasteiger partial charge is 0.297 e. The molecule has 0 saturated heterocycles. The molecule has 0 aromatic carbocycles. The third-order valence-electron chi connectivity index (χ3n) is 2.52. The molecule has 0 saturated carbocycles. The Hall–Kier alpha value is -0.630. The van der Waals surface area contributed by atoms with E-state index in [-0.39, 0.29) is 12.0 Å². The van der Waals surface area contributed by atoms with Crippen molar-refractivity contribution in [3.05, 3.63) is 12.2 Å². The van der Waals surface area contributed by atoms with Crippen molar-refractivity contribution in [3.8, 4) is 0 Å². The summed E-state index contributed by atoms with van der Waals surface area (Å²) in [7, 11) is 0. The summed E-state index contributed by atoms with van der Waals surface area (Å²) < 4.78 is 0. The van der Waals surface area contributed by atoms with Gasteiger partial charge in [-0.3, -0.25) is 9.69 Å². The van der Waals surface area contributed by atoms with Crippen LogP contribution in [0, 0.1) is 5.92 Å². The topological polar surface area (TPSA) is 20.3 Å². The number of carbonyl (C=O) groups excluding carboxylic acids is 1. The van der Waals surface area contributed by atoms with E-state index >= 15 is 0 Å². The zero-order valence-corrected chi connectivity index (χ0v) is 8.95. The predicted octanol–water partition coefficient (Wildman–Crippen LogP) is 1.86. The monoisotopic (exact) mass is 181 g/mol. The maximum Gasteiger partial charge on any atom is 0.156 e. The number of hydrogen-bond acceptors (Lipinski definition) is 2. The SMILES string of the molecule is CC(C)C(=O)C1C=CCN1C(C)C. The molecule has 0 spiro atoms. The molecule has 1 atom stereocenters. The summed E-state index contributed by atoms with van der Waals surface area (Å²) in [6, 6.07) is 0.475. The van der Waals surface area contributed by atoms with E-state index in [1.54, 1.807) is 0 Å². The molecule has 1 heterocycles. The number of carbonyl (C=O) groups is 1. The molecule has 74 valence electrons. The van der Waals surface area contributed by atoms with Crippen molar-refractivity contribution in [1.82, 2.24) is 4.90 Å². The summed E-state index contributed by atoms with van der Waals surface area (Å²) in [4.78, 5) is 14.0. The number of nitrogens with zero attached hydrogens (tertiary/aromatic N) is 1. The zero-order valence-electron chi connectivity index (χ0n) is 8.95. The van der Waals surface area contributed by atoms with E-state index in [9.17, 15) is 4.79 Å². The summed E-state index contributed by atoms with van der Waals surface area (Å²) in [5.74, 6) is 0.469. The highest BCUT2D eigenvalue weighted by Crippen LogP contribution is 2.17. The van der Waals surface area contributed by atoms with Crippen LogP contribution in [0.2, 0.25) is 0 Å². The Bertz CT molecular complexity index is 218. The van der Waals surface area contributed by atoms with Crippen molar-refractivity contribution < 1.29 is 4.79 Å². The Kier molecular flexibility index (Phi) is 3.26. The second kappa shape index (κ2) is 4.05. The number of rotatable bonds is 3. The highest BCUT2D eigenvalue weighted by Gasteiger charge is 2.29. The second-order valence-corrected chi connectivity index (χ2v) is 4.22. The molecule has 0 amide bonds. The number of Topliss-reactive ketones (excluding diaryl/α,β-unsaturated/α-hetero) is 1. The Morgan fingerprint density at radius 3 is 2.46 bits per heavy atom. The molecule has 1 rings (SSSR count). The third kappa shape index (κ3) is 2.19. The van der Waals surface area contributed by atoms with E-state index < -0.39 is 0 Å². The third-order valence-corrected chi connectivity index (χ3v) is 2.52.